The van der Waals surface area contributed by atoms with Gasteiger partial charge in [-0.1, -0.05) is 6.07 Å². The van der Waals surface area contributed by atoms with E-state index in [0.717, 1.165) is 10.6 Å². The van der Waals surface area contributed by atoms with Crippen LogP contribution in [0.15, 0.2) is 69.8 Å². The Balaban J connectivity index is 1.47. The lowest BCUT2D eigenvalue weighted by molar-refractivity contribution is 0.601. The molecular weight excluding hydrogens is 459 g/mol. The molecule has 0 aliphatic rings. The van der Waals surface area contributed by atoms with E-state index in [4.69, 9.17) is 0 Å². The molecule has 1 aromatic carbocycles. The van der Waals surface area contributed by atoms with Gasteiger partial charge in [-0.25, -0.2) is 18.4 Å². The van der Waals surface area contributed by atoms with Gasteiger partial charge in [0.25, 0.3) is 10.0 Å². The molecule has 11 heteroatoms. The molecule has 3 heterocycles. The first-order valence-electron chi connectivity index (χ1n) is 8.44. The lowest BCUT2D eigenvalue weighted by Crippen LogP contribution is -2.12. The Labute approximate surface area is 185 Å². The van der Waals surface area contributed by atoms with Crippen LogP contribution in [-0.4, -0.2) is 18.4 Å². The number of benzene rings is 1. The molecule has 0 radical (unpaired) electrons. The van der Waals surface area contributed by atoms with E-state index in [9.17, 15) is 13.7 Å². The Morgan fingerprint density at radius 2 is 1.93 bits per heavy atom. The van der Waals surface area contributed by atoms with E-state index >= 15 is 0 Å². The molecule has 0 atom stereocenters. The van der Waals surface area contributed by atoms with E-state index < -0.39 is 10.0 Å². The van der Waals surface area contributed by atoms with Gasteiger partial charge in [-0.2, -0.15) is 5.26 Å². The predicted molar refractivity (Wildman–Crippen MR) is 122 cm³/mol. The highest BCUT2D eigenvalue weighted by molar-refractivity contribution is 7.93. The maximum atomic E-state index is 12.4. The van der Waals surface area contributed by atoms with Crippen molar-refractivity contribution >= 4 is 60.4 Å². The van der Waals surface area contributed by atoms with Crippen molar-refractivity contribution in [2.75, 3.05) is 10.0 Å². The minimum atomic E-state index is -3.70. The van der Waals surface area contributed by atoms with Crippen LogP contribution in [0.4, 0.5) is 10.8 Å². The van der Waals surface area contributed by atoms with Crippen LogP contribution < -0.4 is 10.0 Å². The van der Waals surface area contributed by atoms with Crippen LogP contribution in [-0.2, 0) is 10.0 Å². The SMILES string of the molecule is N#C/C(=C\Nc1ccc(S(=O)(=O)Nc2nccs2)cc1)c1nc(-c2cccs2)cs1. The molecule has 7 nitrogen and oxygen atoms in total. The van der Waals surface area contributed by atoms with Crippen molar-refractivity contribution in [1.82, 2.24) is 9.97 Å². The molecule has 150 valence electrons. The second kappa shape index (κ2) is 8.76. The number of aromatic nitrogens is 2. The van der Waals surface area contributed by atoms with Gasteiger partial charge in [0.15, 0.2) is 5.13 Å². The van der Waals surface area contributed by atoms with Gasteiger partial charge in [-0.3, -0.25) is 4.72 Å². The summed E-state index contributed by atoms with van der Waals surface area (Å²) >= 11 is 4.19. The highest BCUT2D eigenvalue weighted by Gasteiger charge is 2.15. The zero-order valence-electron chi connectivity index (χ0n) is 15.1. The number of nitrogens with one attached hydrogen (secondary N) is 2. The van der Waals surface area contributed by atoms with E-state index in [2.05, 4.69) is 26.1 Å². The van der Waals surface area contributed by atoms with Gasteiger partial charge in [0, 0.05) is 28.8 Å². The van der Waals surface area contributed by atoms with Crippen molar-refractivity contribution < 1.29 is 8.42 Å². The first-order chi connectivity index (χ1) is 14.5. The molecule has 2 N–H and O–H groups in total. The molecule has 0 aliphatic heterocycles. The molecule has 0 fully saturated rings. The van der Waals surface area contributed by atoms with Crippen LogP contribution in [0, 0.1) is 11.3 Å². The maximum absolute atomic E-state index is 12.4. The fraction of sp³-hybridized carbons (Fsp3) is 0. The highest BCUT2D eigenvalue weighted by Crippen LogP contribution is 2.29. The average molecular weight is 472 g/mol. The monoisotopic (exact) mass is 471 g/mol. The lowest BCUT2D eigenvalue weighted by atomic mass is 10.3. The number of rotatable bonds is 7. The second-order valence-corrected chi connectivity index (χ2v) is 10.2. The van der Waals surface area contributed by atoms with E-state index in [0.29, 0.717) is 21.4 Å². The number of sulfonamides is 1. The molecular formula is C19H13N5O2S4. The fourth-order valence-corrected chi connectivity index (χ4v) is 5.75. The quantitative estimate of drug-likeness (QED) is 0.363. The first kappa shape index (κ1) is 20.2. The number of thiazole rings is 2. The van der Waals surface area contributed by atoms with Gasteiger partial charge >= 0.3 is 0 Å². The molecule has 0 saturated heterocycles. The molecule has 30 heavy (non-hydrogen) atoms. The van der Waals surface area contributed by atoms with E-state index in [1.54, 1.807) is 35.0 Å². The summed E-state index contributed by atoms with van der Waals surface area (Å²) in [7, 11) is -3.70. The number of nitrogens with zero attached hydrogens (tertiary/aromatic N) is 3. The average Bonchev–Trinajstić information content (AvgIpc) is 3.51. The van der Waals surface area contributed by atoms with Crippen molar-refractivity contribution in [2.45, 2.75) is 4.90 Å². The summed E-state index contributed by atoms with van der Waals surface area (Å²) < 4.78 is 27.2. The van der Waals surface area contributed by atoms with Crippen LogP contribution in [0.2, 0.25) is 0 Å². The number of thiophene rings is 1. The van der Waals surface area contributed by atoms with Gasteiger partial charge in [0.1, 0.15) is 16.6 Å². The van der Waals surface area contributed by atoms with Crippen LogP contribution in [0.5, 0.6) is 0 Å². The Kier molecular flexibility index (Phi) is 5.91. The van der Waals surface area contributed by atoms with Crippen LogP contribution in [0.3, 0.4) is 0 Å². The predicted octanol–water partition coefficient (Wildman–Crippen LogP) is 5.11. The van der Waals surface area contributed by atoms with Crippen molar-refractivity contribution in [3.63, 3.8) is 0 Å². The molecule has 0 spiro atoms. The third kappa shape index (κ3) is 4.58. The summed E-state index contributed by atoms with van der Waals surface area (Å²) in [6, 6.07) is 12.3. The maximum Gasteiger partial charge on any atom is 0.263 e. The van der Waals surface area contributed by atoms with Crippen LogP contribution in [0.1, 0.15) is 5.01 Å². The molecule has 0 aliphatic carbocycles. The Hall–Kier alpha value is -3.04. The first-order valence-corrected chi connectivity index (χ1v) is 12.6. The fourth-order valence-electron chi connectivity index (χ4n) is 2.41. The minimum Gasteiger partial charge on any atom is -0.360 e. The van der Waals surface area contributed by atoms with Gasteiger partial charge in [-0.15, -0.1) is 34.0 Å². The number of hydrogen-bond acceptors (Lipinski definition) is 9. The molecule has 0 amide bonds. The number of hydrogen-bond donors (Lipinski definition) is 2. The lowest BCUT2D eigenvalue weighted by Gasteiger charge is -2.06. The standard InChI is InChI=1S/C19H13N5O2S4/c20-10-13(18-23-16(12-29-18)17-2-1-8-27-17)11-22-14-3-5-15(6-4-14)30(25,26)24-19-21-7-9-28-19/h1-9,11-12,22H,(H,21,24)/b13-11+. The Morgan fingerprint density at radius 3 is 2.60 bits per heavy atom. The third-order valence-electron chi connectivity index (χ3n) is 3.83. The summed E-state index contributed by atoms with van der Waals surface area (Å²) in [5.41, 5.74) is 1.88. The molecule has 0 bridgehead atoms. The number of anilines is 2. The summed E-state index contributed by atoms with van der Waals surface area (Å²) in [5.74, 6) is 0. The second-order valence-electron chi connectivity index (χ2n) is 5.80. The van der Waals surface area contributed by atoms with Crippen molar-refractivity contribution in [3.8, 4) is 16.6 Å². The van der Waals surface area contributed by atoms with Crippen molar-refractivity contribution in [3.05, 3.63) is 69.9 Å². The van der Waals surface area contributed by atoms with Gasteiger partial charge < -0.3 is 5.32 Å². The Morgan fingerprint density at radius 1 is 1.10 bits per heavy atom. The van der Waals surface area contributed by atoms with Gasteiger partial charge in [-0.05, 0) is 35.7 Å². The van der Waals surface area contributed by atoms with E-state index in [-0.39, 0.29) is 4.90 Å². The minimum absolute atomic E-state index is 0.119. The molecule has 0 unspecified atom stereocenters. The van der Waals surface area contributed by atoms with Crippen LogP contribution in [0.25, 0.3) is 16.1 Å². The van der Waals surface area contributed by atoms with E-state index in [1.807, 2.05) is 22.9 Å². The van der Waals surface area contributed by atoms with Crippen LogP contribution >= 0.6 is 34.0 Å². The molecule has 0 saturated carbocycles. The van der Waals surface area contributed by atoms with Crippen molar-refractivity contribution in [1.29, 1.82) is 5.26 Å². The normalized spacial score (nSPS) is 11.8. The zero-order valence-corrected chi connectivity index (χ0v) is 18.4. The largest absolute Gasteiger partial charge is 0.360 e. The molecule has 4 rings (SSSR count). The van der Waals surface area contributed by atoms with E-state index in [1.165, 1.54) is 41.0 Å². The zero-order chi connectivity index (χ0) is 21.0. The summed E-state index contributed by atoms with van der Waals surface area (Å²) in [6.45, 7) is 0. The van der Waals surface area contributed by atoms with Gasteiger partial charge in [0.05, 0.1) is 15.5 Å². The van der Waals surface area contributed by atoms with Crippen molar-refractivity contribution in [2.24, 2.45) is 0 Å². The highest BCUT2D eigenvalue weighted by atomic mass is 32.2. The molecule has 3 aromatic heterocycles. The summed E-state index contributed by atoms with van der Waals surface area (Å²) in [6.07, 6.45) is 3.09. The Bertz CT molecular complexity index is 1300. The smallest absolute Gasteiger partial charge is 0.263 e. The number of nitriles is 1. The topological polar surface area (TPSA) is 108 Å². The summed E-state index contributed by atoms with van der Waals surface area (Å²) in [5, 5.41) is 19.0. The summed E-state index contributed by atoms with van der Waals surface area (Å²) in [4.78, 5) is 9.61. The number of allylic oxidation sites excluding steroid dienone is 1. The van der Waals surface area contributed by atoms with Gasteiger partial charge in [0.2, 0.25) is 0 Å². The third-order valence-corrected chi connectivity index (χ3v) is 7.77. The molecule has 4 aromatic rings.